The van der Waals surface area contributed by atoms with E-state index in [2.05, 4.69) is 10.2 Å². The largest absolute Gasteiger partial charge is 0.453 e. The fourth-order valence-corrected chi connectivity index (χ4v) is 3.44. The standard InChI is InChI=1S/C14H25N3O2/c1-19-14(18)17-7-2-3-11(10-17)15-12-6-8-16(9-12)13-4-5-13/h11-13,15H,2-10H2,1H3/t11-,12-/m1/s1. The summed E-state index contributed by atoms with van der Waals surface area (Å²) in [5.41, 5.74) is 0. The summed E-state index contributed by atoms with van der Waals surface area (Å²) in [5.74, 6) is 0. The van der Waals surface area contributed by atoms with Gasteiger partial charge in [-0.25, -0.2) is 4.79 Å². The minimum atomic E-state index is -0.183. The highest BCUT2D eigenvalue weighted by atomic mass is 16.5. The Morgan fingerprint density at radius 3 is 2.63 bits per heavy atom. The molecule has 0 radical (unpaired) electrons. The third-order valence-electron chi connectivity index (χ3n) is 4.61. The molecule has 0 aromatic carbocycles. The lowest BCUT2D eigenvalue weighted by Gasteiger charge is -2.33. The molecule has 5 heteroatoms. The van der Waals surface area contributed by atoms with Crippen molar-refractivity contribution in [3.05, 3.63) is 0 Å². The Morgan fingerprint density at radius 1 is 1.11 bits per heavy atom. The van der Waals surface area contributed by atoms with Gasteiger partial charge in [-0.15, -0.1) is 0 Å². The van der Waals surface area contributed by atoms with Gasteiger partial charge in [-0.1, -0.05) is 0 Å². The lowest BCUT2D eigenvalue weighted by molar-refractivity contribution is 0.106. The number of carbonyl (C=O) groups excluding carboxylic acids is 1. The maximum atomic E-state index is 11.6. The Bertz CT molecular complexity index is 333. The molecule has 1 saturated carbocycles. The van der Waals surface area contributed by atoms with Crippen molar-refractivity contribution in [2.45, 2.75) is 50.2 Å². The van der Waals surface area contributed by atoms with Crippen LogP contribution in [-0.2, 0) is 4.74 Å². The van der Waals surface area contributed by atoms with Crippen molar-refractivity contribution in [2.24, 2.45) is 0 Å². The van der Waals surface area contributed by atoms with E-state index in [1.54, 1.807) is 0 Å². The molecule has 3 fully saturated rings. The molecule has 1 N–H and O–H groups in total. The maximum Gasteiger partial charge on any atom is 0.409 e. The molecule has 1 amide bonds. The lowest BCUT2D eigenvalue weighted by atomic mass is 10.0. The second kappa shape index (κ2) is 5.67. The summed E-state index contributed by atoms with van der Waals surface area (Å²) < 4.78 is 4.82. The molecule has 1 aliphatic carbocycles. The first kappa shape index (κ1) is 13.2. The van der Waals surface area contributed by atoms with Gasteiger partial charge in [0.05, 0.1) is 7.11 Å². The van der Waals surface area contributed by atoms with Crippen LogP contribution in [-0.4, -0.2) is 67.3 Å². The van der Waals surface area contributed by atoms with Gasteiger partial charge in [-0.05, 0) is 32.1 Å². The zero-order chi connectivity index (χ0) is 13.2. The van der Waals surface area contributed by atoms with Gasteiger partial charge in [0.2, 0.25) is 0 Å². The highest BCUT2D eigenvalue weighted by molar-refractivity contribution is 5.67. The molecule has 0 unspecified atom stereocenters. The van der Waals surface area contributed by atoms with E-state index >= 15 is 0 Å². The van der Waals surface area contributed by atoms with E-state index in [1.165, 1.54) is 45.9 Å². The number of hydrogen-bond donors (Lipinski definition) is 1. The molecular weight excluding hydrogens is 242 g/mol. The Kier molecular flexibility index (Phi) is 3.93. The molecule has 3 aliphatic rings. The fourth-order valence-electron chi connectivity index (χ4n) is 3.44. The number of nitrogens with zero attached hydrogens (tertiary/aromatic N) is 2. The van der Waals surface area contributed by atoms with Gasteiger partial charge in [0.1, 0.15) is 0 Å². The quantitative estimate of drug-likeness (QED) is 0.830. The second-order valence-corrected chi connectivity index (χ2v) is 6.13. The van der Waals surface area contributed by atoms with E-state index in [9.17, 15) is 4.79 Å². The first-order chi connectivity index (χ1) is 9.26. The van der Waals surface area contributed by atoms with Crippen molar-refractivity contribution in [2.75, 3.05) is 33.3 Å². The fraction of sp³-hybridized carbons (Fsp3) is 0.929. The monoisotopic (exact) mass is 267 g/mol. The summed E-state index contributed by atoms with van der Waals surface area (Å²) in [7, 11) is 1.46. The molecule has 0 spiro atoms. The molecule has 5 nitrogen and oxygen atoms in total. The summed E-state index contributed by atoms with van der Waals surface area (Å²) in [6.07, 6.45) is 6.11. The smallest absolute Gasteiger partial charge is 0.409 e. The molecule has 2 saturated heterocycles. The number of ether oxygens (including phenoxy) is 1. The Balaban J connectivity index is 1.45. The van der Waals surface area contributed by atoms with Crippen LogP contribution in [0.5, 0.6) is 0 Å². The summed E-state index contributed by atoms with van der Waals surface area (Å²) in [6.45, 7) is 4.07. The predicted molar refractivity (Wildman–Crippen MR) is 73.1 cm³/mol. The van der Waals surface area contributed by atoms with Crippen LogP contribution in [0, 0.1) is 0 Å². The number of rotatable bonds is 3. The highest BCUT2D eigenvalue weighted by Gasteiger charge is 2.35. The molecule has 0 aromatic rings. The van der Waals surface area contributed by atoms with Crippen LogP contribution in [0.4, 0.5) is 4.79 Å². The summed E-state index contributed by atoms with van der Waals surface area (Å²) in [6, 6.07) is 1.94. The van der Waals surface area contributed by atoms with Gasteiger partial charge in [-0.3, -0.25) is 4.90 Å². The van der Waals surface area contributed by atoms with Gasteiger partial charge in [0.15, 0.2) is 0 Å². The first-order valence-electron chi connectivity index (χ1n) is 7.59. The molecule has 108 valence electrons. The number of carbonyl (C=O) groups is 1. The molecule has 0 aromatic heterocycles. The van der Waals surface area contributed by atoms with Crippen LogP contribution >= 0.6 is 0 Å². The molecule has 2 heterocycles. The Morgan fingerprint density at radius 2 is 1.89 bits per heavy atom. The Hall–Kier alpha value is -0.810. The first-order valence-corrected chi connectivity index (χ1v) is 7.59. The van der Waals surface area contributed by atoms with Crippen molar-refractivity contribution in [1.29, 1.82) is 0 Å². The normalized spacial score (nSPS) is 32.6. The van der Waals surface area contributed by atoms with Crippen LogP contribution in [0.1, 0.15) is 32.1 Å². The number of likely N-dealkylation sites (tertiary alicyclic amines) is 2. The minimum Gasteiger partial charge on any atom is -0.453 e. The number of nitrogens with one attached hydrogen (secondary N) is 1. The minimum absolute atomic E-state index is 0.183. The molecular formula is C14H25N3O2. The molecule has 2 atom stereocenters. The van der Waals surface area contributed by atoms with Crippen LogP contribution in [0.25, 0.3) is 0 Å². The van der Waals surface area contributed by atoms with Crippen molar-refractivity contribution in [3.8, 4) is 0 Å². The summed E-state index contributed by atoms with van der Waals surface area (Å²) in [4.78, 5) is 16.0. The molecule has 3 rings (SSSR count). The third kappa shape index (κ3) is 3.20. The SMILES string of the molecule is COC(=O)N1CCC[C@@H](N[C@@H]2CCN(C3CC3)C2)C1. The lowest BCUT2D eigenvalue weighted by Crippen LogP contribution is -2.51. The third-order valence-corrected chi connectivity index (χ3v) is 4.61. The molecule has 2 aliphatic heterocycles. The van der Waals surface area contributed by atoms with E-state index < -0.39 is 0 Å². The van der Waals surface area contributed by atoms with Crippen molar-refractivity contribution in [3.63, 3.8) is 0 Å². The zero-order valence-electron chi connectivity index (χ0n) is 11.8. The maximum absolute atomic E-state index is 11.6. The van der Waals surface area contributed by atoms with E-state index in [0.29, 0.717) is 12.1 Å². The van der Waals surface area contributed by atoms with Crippen LogP contribution in [0.2, 0.25) is 0 Å². The molecule has 19 heavy (non-hydrogen) atoms. The van der Waals surface area contributed by atoms with Crippen LogP contribution in [0.3, 0.4) is 0 Å². The number of hydrogen-bond acceptors (Lipinski definition) is 4. The summed E-state index contributed by atoms with van der Waals surface area (Å²) >= 11 is 0. The van der Waals surface area contributed by atoms with E-state index in [1.807, 2.05) is 4.90 Å². The van der Waals surface area contributed by atoms with E-state index in [0.717, 1.165) is 25.6 Å². The average molecular weight is 267 g/mol. The zero-order valence-corrected chi connectivity index (χ0v) is 11.8. The Labute approximate surface area is 115 Å². The number of piperidine rings is 1. The van der Waals surface area contributed by atoms with Crippen LogP contribution in [0.15, 0.2) is 0 Å². The van der Waals surface area contributed by atoms with Gasteiger partial charge in [0, 0.05) is 44.3 Å². The van der Waals surface area contributed by atoms with Gasteiger partial charge in [0.25, 0.3) is 0 Å². The average Bonchev–Trinajstić information content (AvgIpc) is 3.19. The topological polar surface area (TPSA) is 44.8 Å². The van der Waals surface area contributed by atoms with Crippen LogP contribution < -0.4 is 5.32 Å². The highest BCUT2D eigenvalue weighted by Crippen LogP contribution is 2.30. The van der Waals surface area contributed by atoms with Crippen molar-refractivity contribution in [1.82, 2.24) is 15.1 Å². The van der Waals surface area contributed by atoms with E-state index in [-0.39, 0.29) is 6.09 Å². The van der Waals surface area contributed by atoms with Gasteiger partial charge >= 0.3 is 6.09 Å². The van der Waals surface area contributed by atoms with Gasteiger partial charge < -0.3 is 15.0 Å². The number of amides is 1. The van der Waals surface area contributed by atoms with Crippen molar-refractivity contribution >= 4 is 6.09 Å². The second-order valence-electron chi connectivity index (χ2n) is 6.13. The van der Waals surface area contributed by atoms with Gasteiger partial charge in [-0.2, -0.15) is 0 Å². The predicted octanol–water partition coefficient (Wildman–Crippen LogP) is 1.04. The number of methoxy groups -OCH3 is 1. The van der Waals surface area contributed by atoms with Crippen molar-refractivity contribution < 1.29 is 9.53 Å². The molecule has 0 bridgehead atoms. The summed E-state index contributed by atoms with van der Waals surface area (Å²) in [5, 5.41) is 3.75. The van der Waals surface area contributed by atoms with E-state index in [4.69, 9.17) is 4.74 Å².